The van der Waals surface area contributed by atoms with Gasteiger partial charge in [-0.3, -0.25) is 9.78 Å². The molecule has 1 aromatic carbocycles. The van der Waals surface area contributed by atoms with Crippen LogP contribution in [0.15, 0.2) is 30.5 Å². The fraction of sp³-hybridized carbons (Fsp3) is 0.357. The minimum absolute atomic E-state index is 0.169. The van der Waals surface area contributed by atoms with Gasteiger partial charge in [-0.15, -0.1) is 0 Å². The van der Waals surface area contributed by atoms with Gasteiger partial charge < -0.3 is 15.5 Å². The molecule has 0 spiro atoms. The van der Waals surface area contributed by atoms with Crippen molar-refractivity contribution in [2.75, 3.05) is 6.54 Å². The molecule has 0 aliphatic rings. The highest BCUT2D eigenvalue weighted by Gasteiger charge is 2.20. The largest absolute Gasteiger partial charge is 0.390 e. The number of rotatable bonds is 5. The van der Waals surface area contributed by atoms with E-state index in [1.165, 1.54) is 13.1 Å². The SMILES string of the molecule is CC(=O)NCCC(O)C(O)c1cnc2ccccc2n1. The van der Waals surface area contributed by atoms with Crippen molar-refractivity contribution >= 4 is 16.9 Å². The lowest BCUT2D eigenvalue weighted by Gasteiger charge is -2.17. The predicted molar refractivity (Wildman–Crippen MR) is 73.8 cm³/mol. The van der Waals surface area contributed by atoms with E-state index >= 15 is 0 Å². The number of hydrogen-bond donors (Lipinski definition) is 3. The van der Waals surface area contributed by atoms with Crippen LogP contribution in [0.25, 0.3) is 11.0 Å². The molecule has 2 unspecified atom stereocenters. The maximum Gasteiger partial charge on any atom is 0.216 e. The normalized spacial score (nSPS) is 13.9. The lowest BCUT2D eigenvalue weighted by molar-refractivity contribution is -0.119. The van der Waals surface area contributed by atoms with Crippen LogP contribution in [0.5, 0.6) is 0 Å². The van der Waals surface area contributed by atoms with Crippen LogP contribution in [0.2, 0.25) is 0 Å². The molecule has 0 saturated heterocycles. The first kappa shape index (κ1) is 14.4. The summed E-state index contributed by atoms with van der Waals surface area (Å²) in [6.45, 7) is 1.70. The highest BCUT2D eigenvalue weighted by Crippen LogP contribution is 2.18. The molecular weight excluding hydrogens is 258 g/mol. The number of aliphatic hydroxyl groups is 2. The number of nitrogens with zero attached hydrogens (tertiary/aromatic N) is 2. The molecule has 1 amide bonds. The van der Waals surface area contributed by atoms with Gasteiger partial charge in [-0.1, -0.05) is 12.1 Å². The van der Waals surface area contributed by atoms with E-state index in [4.69, 9.17) is 0 Å². The van der Waals surface area contributed by atoms with Gasteiger partial charge >= 0.3 is 0 Å². The number of para-hydroxylation sites is 2. The molecule has 106 valence electrons. The van der Waals surface area contributed by atoms with Crippen molar-refractivity contribution in [2.45, 2.75) is 25.6 Å². The second kappa shape index (κ2) is 6.40. The Hall–Kier alpha value is -2.05. The Balaban J connectivity index is 2.06. The number of nitrogens with one attached hydrogen (secondary N) is 1. The van der Waals surface area contributed by atoms with E-state index < -0.39 is 12.2 Å². The highest BCUT2D eigenvalue weighted by atomic mass is 16.3. The predicted octanol–water partition coefficient (Wildman–Crippen LogP) is 0.550. The molecule has 1 heterocycles. The molecule has 3 N–H and O–H groups in total. The van der Waals surface area contributed by atoms with Gasteiger partial charge in [-0.05, 0) is 18.6 Å². The second-order valence-electron chi connectivity index (χ2n) is 4.57. The van der Waals surface area contributed by atoms with Crippen LogP contribution >= 0.6 is 0 Å². The molecular formula is C14H17N3O3. The summed E-state index contributed by atoms with van der Waals surface area (Å²) >= 11 is 0. The van der Waals surface area contributed by atoms with Gasteiger partial charge in [0.15, 0.2) is 0 Å². The second-order valence-corrected chi connectivity index (χ2v) is 4.57. The highest BCUT2D eigenvalue weighted by molar-refractivity contribution is 5.73. The Bertz CT molecular complexity index is 603. The summed E-state index contributed by atoms with van der Waals surface area (Å²) in [6, 6.07) is 7.31. The quantitative estimate of drug-likeness (QED) is 0.740. The topological polar surface area (TPSA) is 95.3 Å². The van der Waals surface area contributed by atoms with Crippen LogP contribution < -0.4 is 5.32 Å². The van der Waals surface area contributed by atoms with E-state index in [1.807, 2.05) is 18.2 Å². The van der Waals surface area contributed by atoms with Gasteiger partial charge in [0.1, 0.15) is 6.10 Å². The van der Waals surface area contributed by atoms with Crippen LogP contribution in [0.4, 0.5) is 0 Å². The summed E-state index contributed by atoms with van der Waals surface area (Å²) in [5.74, 6) is -0.169. The third kappa shape index (κ3) is 3.49. The molecule has 20 heavy (non-hydrogen) atoms. The molecule has 0 fully saturated rings. The standard InChI is InChI=1S/C14H17N3O3/c1-9(18)15-7-6-13(19)14(20)12-8-16-10-4-2-3-5-11(10)17-12/h2-5,8,13-14,19-20H,6-7H2,1H3,(H,15,18). The van der Waals surface area contributed by atoms with Gasteiger partial charge in [-0.2, -0.15) is 0 Å². The zero-order valence-electron chi connectivity index (χ0n) is 11.2. The summed E-state index contributed by atoms with van der Waals surface area (Å²) in [4.78, 5) is 19.2. The monoisotopic (exact) mass is 275 g/mol. The lowest BCUT2D eigenvalue weighted by Crippen LogP contribution is -2.28. The summed E-state index contributed by atoms with van der Waals surface area (Å²) in [6.07, 6.45) is -0.428. The average Bonchev–Trinajstić information content (AvgIpc) is 2.45. The lowest BCUT2D eigenvalue weighted by atomic mass is 10.1. The first-order valence-corrected chi connectivity index (χ1v) is 6.40. The first-order valence-electron chi connectivity index (χ1n) is 6.40. The van der Waals surface area contributed by atoms with Crippen molar-refractivity contribution < 1.29 is 15.0 Å². The van der Waals surface area contributed by atoms with Crippen molar-refractivity contribution in [3.8, 4) is 0 Å². The van der Waals surface area contributed by atoms with Gasteiger partial charge in [0.05, 0.1) is 29.0 Å². The first-order chi connectivity index (χ1) is 9.58. The van der Waals surface area contributed by atoms with Crippen LogP contribution in [0.1, 0.15) is 25.1 Å². The minimum atomic E-state index is -1.12. The van der Waals surface area contributed by atoms with Gasteiger partial charge in [-0.25, -0.2) is 4.98 Å². The molecule has 6 heteroatoms. The maximum atomic E-state index is 10.7. The zero-order chi connectivity index (χ0) is 14.5. The van der Waals surface area contributed by atoms with Crippen molar-refractivity contribution in [3.63, 3.8) is 0 Å². The molecule has 0 saturated carbocycles. The van der Waals surface area contributed by atoms with Gasteiger partial charge in [0.2, 0.25) is 5.91 Å². The van der Waals surface area contributed by atoms with Crippen LogP contribution in [0, 0.1) is 0 Å². The number of carbonyl (C=O) groups is 1. The van der Waals surface area contributed by atoms with Gasteiger partial charge in [0, 0.05) is 13.5 Å². The fourth-order valence-corrected chi connectivity index (χ4v) is 1.87. The average molecular weight is 275 g/mol. The smallest absolute Gasteiger partial charge is 0.216 e. The Morgan fingerprint density at radius 2 is 2.00 bits per heavy atom. The summed E-state index contributed by atoms with van der Waals surface area (Å²) in [7, 11) is 0. The third-order valence-electron chi connectivity index (χ3n) is 2.95. The number of hydrogen-bond acceptors (Lipinski definition) is 5. The van der Waals surface area contributed by atoms with Crippen LogP contribution in [0.3, 0.4) is 0 Å². The molecule has 6 nitrogen and oxygen atoms in total. The Morgan fingerprint density at radius 1 is 1.30 bits per heavy atom. The molecule has 0 radical (unpaired) electrons. The van der Waals surface area contributed by atoms with E-state index in [0.717, 1.165) is 5.52 Å². The zero-order valence-corrected chi connectivity index (χ0v) is 11.2. The Kier molecular flexibility index (Phi) is 4.60. The molecule has 0 bridgehead atoms. The van der Waals surface area contributed by atoms with E-state index in [1.54, 1.807) is 6.07 Å². The molecule has 2 aromatic rings. The van der Waals surface area contributed by atoms with E-state index in [2.05, 4.69) is 15.3 Å². The van der Waals surface area contributed by atoms with E-state index in [9.17, 15) is 15.0 Å². The minimum Gasteiger partial charge on any atom is -0.390 e. The number of carbonyl (C=O) groups excluding carboxylic acids is 1. The number of benzene rings is 1. The van der Waals surface area contributed by atoms with E-state index in [-0.39, 0.29) is 12.3 Å². The number of fused-ring (bicyclic) bond motifs is 1. The molecule has 0 aliphatic carbocycles. The van der Waals surface area contributed by atoms with Crippen LogP contribution in [-0.4, -0.2) is 38.7 Å². The van der Waals surface area contributed by atoms with Crippen LogP contribution in [-0.2, 0) is 4.79 Å². The Morgan fingerprint density at radius 3 is 2.70 bits per heavy atom. The molecule has 2 rings (SSSR count). The summed E-state index contributed by atoms with van der Waals surface area (Å²) < 4.78 is 0. The summed E-state index contributed by atoms with van der Waals surface area (Å²) in [5.41, 5.74) is 1.72. The van der Waals surface area contributed by atoms with Crippen molar-refractivity contribution in [2.24, 2.45) is 0 Å². The number of aliphatic hydroxyl groups excluding tert-OH is 2. The summed E-state index contributed by atoms with van der Waals surface area (Å²) in [5, 5.41) is 22.5. The maximum absolute atomic E-state index is 10.7. The van der Waals surface area contributed by atoms with Crippen molar-refractivity contribution in [1.82, 2.24) is 15.3 Å². The Labute approximate surface area is 116 Å². The molecule has 2 atom stereocenters. The molecule has 1 aromatic heterocycles. The molecule has 0 aliphatic heterocycles. The number of aromatic nitrogens is 2. The fourth-order valence-electron chi connectivity index (χ4n) is 1.87. The van der Waals surface area contributed by atoms with Crippen molar-refractivity contribution in [3.05, 3.63) is 36.2 Å². The number of amides is 1. The van der Waals surface area contributed by atoms with Crippen molar-refractivity contribution in [1.29, 1.82) is 0 Å². The van der Waals surface area contributed by atoms with Gasteiger partial charge in [0.25, 0.3) is 0 Å². The van der Waals surface area contributed by atoms with E-state index in [0.29, 0.717) is 17.8 Å². The third-order valence-corrected chi connectivity index (χ3v) is 2.95.